The van der Waals surface area contributed by atoms with Crippen LogP contribution in [-0.2, 0) is 20.8 Å². The fourth-order valence-electron chi connectivity index (χ4n) is 3.27. The molecule has 1 aromatic heterocycles. The number of anilines is 1. The van der Waals surface area contributed by atoms with E-state index in [0.717, 1.165) is 11.1 Å². The first kappa shape index (κ1) is 24.4. The number of nitrogens with one attached hydrogen (secondary N) is 1. The summed E-state index contributed by atoms with van der Waals surface area (Å²) in [6, 6.07) is 15.1. The summed E-state index contributed by atoms with van der Waals surface area (Å²) in [5.41, 5.74) is 2.81. The lowest BCUT2D eigenvalue weighted by Gasteiger charge is -2.12. The van der Waals surface area contributed by atoms with Crippen LogP contribution in [0.5, 0.6) is 0 Å². The molecule has 0 aliphatic heterocycles. The minimum atomic E-state index is -0.657. The molecule has 0 saturated heterocycles. The topological polar surface area (TPSA) is 117 Å². The maximum Gasteiger partial charge on any atom is 0.339 e. The molecule has 0 unspecified atom stereocenters. The first-order valence-electron chi connectivity index (χ1n) is 10.6. The highest BCUT2D eigenvalue weighted by Crippen LogP contribution is 2.20. The van der Waals surface area contributed by atoms with Crippen molar-refractivity contribution >= 4 is 23.5 Å². The first-order valence-corrected chi connectivity index (χ1v) is 10.6. The van der Waals surface area contributed by atoms with Crippen LogP contribution < -0.4 is 10.9 Å². The molecule has 0 saturated carbocycles. The zero-order valence-corrected chi connectivity index (χ0v) is 19.2. The fourth-order valence-corrected chi connectivity index (χ4v) is 3.27. The number of methoxy groups -OCH3 is 2. The Morgan fingerprint density at radius 1 is 0.941 bits per heavy atom. The third-order valence-corrected chi connectivity index (χ3v) is 5.11. The summed E-state index contributed by atoms with van der Waals surface area (Å²) in [4.78, 5) is 48.6. The van der Waals surface area contributed by atoms with Crippen LogP contribution in [0.3, 0.4) is 0 Å². The molecule has 9 nitrogen and oxygen atoms in total. The SMILES string of the molecule is COC(=O)c1ccc(C(=O)OC)c(NC(=O)CCCn2nc(-c3ccc(C)cc3)ccc2=O)c1. The predicted octanol–water partition coefficient (Wildman–Crippen LogP) is 3.21. The third-order valence-electron chi connectivity index (χ3n) is 5.11. The number of carbonyl (C=O) groups is 3. The Labute approximate surface area is 196 Å². The molecule has 0 aliphatic rings. The van der Waals surface area contributed by atoms with Gasteiger partial charge in [0.25, 0.3) is 5.56 Å². The molecule has 0 atom stereocenters. The van der Waals surface area contributed by atoms with E-state index in [9.17, 15) is 19.2 Å². The van der Waals surface area contributed by atoms with Crippen LogP contribution >= 0.6 is 0 Å². The van der Waals surface area contributed by atoms with Crippen LogP contribution in [0.25, 0.3) is 11.3 Å². The zero-order chi connectivity index (χ0) is 24.7. The van der Waals surface area contributed by atoms with Crippen molar-refractivity contribution in [3.05, 3.63) is 81.6 Å². The molecule has 1 amide bonds. The lowest BCUT2D eigenvalue weighted by molar-refractivity contribution is -0.116. The van der Waals surface area contributed by atoms with Crippen LogP contribution in [0, 0.1) is 6.92 Å². The quantitative estimate of drug-likeness (QED) is 0.510. The number of hydrogen-bond donors (Lipinski definition) is 1. The van der Waals surface area contributed by atoms with Crippen molar-refractivity contribution < 1.29 is 23.9 Å². The van der Waals surface area contributed by atoms with Crippen LogP contribution in [0.1, 0.15) is 39.1 Å². The van der Waals surface area contributed by atoms with Crippen LogP contribution in [0.2, 0.25) is 0 Å². The Bertz CT molecular complexity index is 1260. The minimum Gasteiger partial charge on any atom is -0.465 e. The number of amides is 1. The largest absolute Gasteiger partial charge is 0.465 e. The average molecular weight is 463 g/mol. The van der Waals surface area contributed by atoms with E-state index in [-0.39, 0.29) is 35.3 Å². The Hall–Kier alpha value is -4.27. The molecule has 0 aliphatic carbocycles. The van der Waals surface area contributed by atoms with Crippen LogP contribution in [0.4, 0.5) is 5.69 Å². The summed E-state index contributed by atoms with van der Waals surface area (Å²) >= 11 is 0. The van der Waals surface area contributed by atoms with Gasteiger partial charge in [-0.3, -0.25) is 9.59 Å². The third kappa shape index (κ3) is 5.94. The molecular weight excluding hydrogens is 438 g/mol. The molecule has 0 fully saturated rings. The minimum absolute atomic E-state index is 0.0615. The van der Waals surface area contributed by atoms with Gasteiger partial charge in [0.15, 0.2) is 0 Å². The second-order valence-electron chi connectivity index (χ2n) is 7.54. The zero-order valence-electron chi connectivity index (χ0n) is 19.2. The van der Waals surface area contributed by atoms with E-state index in [4.69, 9.17) is 4.74 Å². The van der Waals surface area contributed by atoms with Gasteiger partial charge in [0.05, 0.1) is 36.7 Å². The van der Waals surface area contributed by atoms with Gasteiger partial charge in [-0.2, -0.15) is 5.10 Å². The number of carbonyl (C=O) groups excluding carboxylic acids is 3. The van der Waals surface area contributed by atoms with E-state index in [1.807, 2.05) is 31.2 Å². The highest BCUT2D eigenvalue weighted by Gasteiger charge is 2.17. The Morgan fingerprint density at radius 2 is 1.65 bits per heavy atom. The number of rotatable bonds is 8. The van der Waals surface area contributed by atoms with E-state index in [2.05, 4.69) is 15.2 Å². The van der Waals surface area contributed by atoms with Gasteiger partial charge < -0.3 is 14.8 Å². The highest BCUT2D eigenvalue weighted by molar-refractivity contribution is 6.03. The molecule has 2 aromatic carbocycles. The second-order valence-corrected chi connectivity index (χ2v) is 7.54. The second kappa shape index (κ2) is 11.0. The van der Waals surface area contributed by atoms with Gasteiger partial charge in [-0.1, -0.05) is 29.8 Å². The van der Waals surface area contributed by atoms with Gasteiger partial charge in [-0.05, 0) is 37.6 Å². The van der Waals surface area contributed by atoms with Crippen molar-refractivity contribution in [3.63, 3.8) is 0 Å². The molecule has 0 radical (unpaired) electrons. The molecule has 3 aromatic rings. The standard InChI is InChI=1S/C25H25N3O6/c1-16-6-8-17(9-7-16)20-12-13-23(30)28(27-20)14-4-5-22(29)26-21-15-18(24(31)33-2)10-11-19(21)25(32)34-3/h6-13,15H,4-5,14H2,1-3H3,(H,26,29). The number of ether oxygens (including phenoxy) is 2. The summed E-state index contributed by atoms with van der Waals surface area (Å²) in [6.45, 7) is 2.22. The lowest BCUT2D eigenvalue weighted by atomic mass is 10.1. The Kier molecular flexibility index (Phi) is 7.92. The van der Waals surface area contributed by atoms with Crippen molar-refractivity contribution in [2.75, 3.05) is 19.5 Å². The number of hydrogen-bond acceptors (Lipinski definition) is 7. The summed E-state index contributed by atoms with van der Waals surface area (Å²) < 4.78 is 10.7. The summed E-state index contributed by atoms with van der Waals surface area (Å²) in [6.07, 6.45) is 0.395. The molecular formula is C25H25N3O6. The number of esters is 2. The molecule has 0 bridgehead atoms. The molecule has 9 heteroatoms. The van der Waals surface area contributed by atoms with Gasteiger partial charge >= 0.3 is 11.9 Å². The van der Waals surface area contributed by atoms with Crippen molar-refractivity contribution in [1.29, 1.82) is 0 Å². The van der Waals surface area contributed by atoms with E-state index >= 15 is 0 Å². The highest BCUT2D eigenvalue weighted by atomic mass is 16.5. The molecule has 1 heterocycles. The van der Waals surface area contributed by atoms with E-state index in [1.165, 1.54) is 43.2 Å². The molecule has 3 rings (SSSR count). The first-order chi connectivity index (χ1) is 16.3. The van der Waals surface area contributed by atoms with Crippen molar-refractivity contribution in [3.8, 4) is 11.3 Å². The summed E-state index contributed by atoms with van der Waals surface area (Å²) in [7, 11) is 2.45. The number of benzene rings is 2. The van der Waals surface area contributed by atoms with Crippen LogP contribution in [0.15, 0.2) is 59.4 Å². The smallest absolute Gasteiger partial charge is 0.339 e. The molecule has 1 N–H and O–H groups in total. The predicted molar refractivity (Wildman–Crippen MR) is 126 cm³/mol. The van der Waals surface area contributed by atoms with Crippen molar-refractivity contribution in [2.45, 2.75) is 26.3 Å². The van der Waals surface area contributed by atoms with Gasteiger partial charge in [0.2, 0.25) is 5.91 Å². The lowest BCUT2D eigenvalue weighted by Crippen LogP contribution is -2.23. The van der Waals surface area contributed by atoms with E-state index < -0.39 is 17.8 Å². The monoisotopic (exact) mass is 463 g/mol. The van der Waals surface area contributed by atoms with Crippen molar-refractivity contribution in [1.82, 2.24) is 9.78 Å². The van der Waals surface area contributed by atoms with Crippen LogP contribution in [-0.4, -0.2) is 41.8 Å². The Balaban J connectivity index is 1.68. The average Bonchev–Trinajstić information content (AvgIpc) is 2.84. The maximum atomic E-state index is 12.5. The molecule has 0 spiro atoms. The number of nitrogens with zero attached hydrogens (tertiary/aromatic N) is 2. The van der Waals surface area contributed by atoms with E-state index in [1.54, 1.807) is 6.07 Å². The Morgan fingerprint density at radius 3 is 2.32 bits per heavy atom. The van der Waals surface area contributed by atoms with Gasteiger partial charge in [0, 0.05) is 24.6 Å². The normalized spacial score (nSPS) is 10.4. The fraction of sp³-hybridized carbons (Fsp3) is 0.240. The molecule has 34 heavy (non-hydrogen) atoms. The van der Waals surface area contributed by atoms with Gasteiger partial charge in [-0.25, -0.2) is 14.3 Å². The molecule has 176 valence electrons. The summed E-state index contributed by atoms with van der Waals surface area (Å²) in [5.74, 6) is -1.66. The number of aryl methyl sites for hydroxylation is 2. The summed E-state index contributed by atoms with van der Waals surface area (Å²) in [5, 5.41) is 7.03. The number of aromatic nitrogens is 2. The van der Waals surface area contributed by atoms with E-state index in [0.29, 0.717) is 12.1 Å². The van der Waals surface area contributed by atoms with Gasteiger partial charge in [-0.15, -0.1) is 0 Å². The van der Waals surface area contributed by atoms with Gasteiger partial charge in [0.1, 0.15) is 0 Å². The maximum absolute atomic E-state index is 12.5. The van der Waals surface area contributed by atoms with Crippen molar-refractivity contribution in [2.24, 2.45) is 0 Å².